The Bertz CT molecular complexity index is 789. The predicted molar refractivity (Wildman–Crippen MR) is 87.6 cm³/mol. The number of aryl methyl sites for hydroxylation is 1. The average molecular weight is 319 g/mol. The van der Waals surface area contributed by atoms with Gasteiger partial charge in [-0.2, -0.15) is 0 Å². The Morgan fingerprint density at radius 3 is 2.77 bits per heavy atom. The molecule has 22 heavy (non-hydrogen) atoms. The highest BCUT2D eigenvalue weighted by molar-refractivity contribution is 6.32. The number of aromatic nitrogens is 2. The molecule has 0 saturated carbocycles. The van der Waals surface area contributed by atoms with Crippen molar-refractivity contribution in [3.63, 3.8) is 0 Å². The van der Waals surface area contributed by atoms with Crippen molar-refractivity contribution in [2.24, 2.45) is 0 Å². The summed E-state index contributed by atoms with van der Waals surface area (Å²) in [6.45, 7) is 6.67. The molecular weight excluding hydrogens is 300 g/mol. The Labute approximate surface area is 134 Å². The molecule has 0 bridgehead atoms. The van der Waals surface area contributed by atoms with E-state index >= 15 is 0 Å². The topological polar surface area (TPSA) is 51.0 Å². The van der Waals surface area contributed by atoms with E-state index in [2.05, 4.69) is 30.1 Å². The number of ether oxygens (including phenoxy) is 1. The van der Waals surface area contributed by atoms with Gasteiger partial charge in [0.25, 0.3) is 0 Å². The summed E-state index contributed by atoms with van der Waals surface area (Å²) in [5.74, 6) is 1.94. The van der Waals surface area contributed by atoms with Gasteiger partial charge in [0.2, 0.25) is 0 Å². The van der Waals surface area contributed by atoms with Crippen LogP contribution in [0.1, 0.15) is 43.8 Å². The zero-order valence-electron chi connectivity index (χ0n) is 12.9. The van der Waals surface area contributed by atoms with E-state index in [9.17, 15) is 0 Å². The highest BCUT2D eigenvalue weighted by atomic mass is 35.5. The molecule has 0 unspecified atom stereocenters. The Morgan fingerprint density at radius 1 is 1.27 bits per heavy atom. The van der Waals surface area contributed by atoms with E-state index < -0.39 is 0 Å². The molecule has 3 aromatic rings. The molecule has 2 aromatic heterocycles. The molecule has 0 aliphatic rings. The van der Waals surface area contributed by atoms with Gasteiger partial charge in [-0.15, -0.1) is 0 Å². The minimum atomic E-state index is 0.340. The van der Waals surface area contributed by atoms with Crippen LogP contribution in [-0.4, -0.2) is 10.1 Å². The van der Waals surface area contributed by atoms with Crippen LogP contribution in [0.3, 0.4) is 0 Å². The number of nitrogens with one attached hydrogen (secondary N) is 1. The highest BCUT2D eigenvalue weighted by Gasteiger charge is 2.10. The SMILES string of the molecule is CCc1cc(COc2cc3[nH]c(C(C)C)cc3cc2Cl)no1. The number of hydrogen-bond acceptors (Lipinski definition) is 3. The van der Waals surface area contributed by atoms with Gasteiger partial charge in [0.15, 0.2) is 0 Å². The number of rotatable bonds is 5. The summed E-state index contributed by atoms with van der Waals surface area (Å²) >= 11 is 6.31. The van der Waals surface area contributed by atoms with E-state index in [-0.39, 0.29) is 0 Å². The Balaban J connectivity index is 1.82. The Hall–Kier alpha value is -1.94. The molecule has 0 atom stereocenters. The zero-order chi connectivity index (χ0) is 15.7. The monoisotopic (exact) mass is 318 g/mol. The van der Waals surface area contributed by atoms with Crippen molar-refractivity contribution in [1.29, 1.82) is 0 Å². The smallest absolute Gasteiger partial charge is 0.140 e. The normalized spacial score (nSPS) is 11.5. The minimum absolute atomic E-state index is 0.340. The standard InChI is InChI=1S/C17H19ClN2O2/c1-4-13-7-12(20-22-13)9-21-17-8-16-11(5-14(17)18)6-15(19-16)10(2)3/h5-8,10,19H,4,9H2,1-3H3. The number of hydrogen-bond donors (Lipinski definition) is 1. The van der Waals surface area contributed by atoms with Crippen molar-refractivity contribution in [2.75, 3.05) is 0 Å². The van der Waals surface area contributed by atoms with Crippen molar-refractivity contribution < 1.29 is 9.26 Å². The van der Waals surface area contributed by atoms with Gasteiger partial charge < -0.3 is 14.2 Å². The average Bonchev–Trinajstić information content (AvgIpc) is 3.10. The zero-order valence-corrected chi connectivity index (χ0v) is 13.7. The second kappa shape index (κ2) is 6.05. The third-order valence-electron chi connectivity index (χ3n) is 3.65. The number of benzene rings is 1. The number of nitrogens with zero attached hydrogens (tertiary/aromatic N) is 1. The summed E-state index contributed by atoms with van der Waals surface area (Å²) in [6, 6.07) is 7.89. The number of H-pyrrole nitrogens is 1. The lowest BCUT2D eigenvalue weighted by Crippen LogP contribution is -1.96. The summed E-state index contributed by atoms with van der Waals surface area (Å²) in [5.41, 5.74) is 2.98. The lowest BCUT2D eigenvalue weighted by molar-refractivity contribution is 0.287. The molecule has 0 spiro atoms. The van der Waals surface area contributed by atoms with E-state index in [1.807, 2.05) is 25.1 Å². The first kappa shape index (κ1) is 15.0. The van der Waals surface area contributed by atoms with Crippen LogP contribution in [0.2, 0.25) is 5.02 Å². The lowest BCUT2D eigenvalue weighted by atomic mass is 10.1. The fourth-order valence-electron chi connectivity index (χ4n) is 2.32. The molecule has 2 heterocycles. The van der Waals surface area contributed by atoms with Crippen LogP contribution in [0.25, 0.3) is 10.9 Å². The van der Waals surface area contributed by atoms with Gasteiger partial charge in [0.05, 0.1) is 5.02 Å². The Morgan fingerprint density at radius 2 is 2.09 bits per heavy atom. The molecule has 0 radical (unpaired) electrons. The summed E-state index contributed by atoms with van der Waals surface area (Å²) in [7, 11) is 0. The first-order valence-corrected chi connectivity index (χ1v) is 7.84. The molecule has 0 fully saturated rings. The molecule has 1 N–H and O–H groups in total. The van der Waals surface area contributed by atoms with Crippen molar-refractivity contribution >= 4 is 22.5 Å². The maximum absolute atomic E-state index is 6.31. The third kappa shape index (κ3) is 2.97. The Kier molecular flexibility index (Phi) is 4.12. The maximum Gasteiger partial charge on any atom is 0.140 e. The molecule has 0 aliphatic carbocycles. The van der Waals surface area contributed by atoms with E-state index in [1.165, 1.54) is 5.69 Å². The number of aromatic amines is 1. The summed E-state index contributed by atoms with van der Waals surface area (Å²) in [6.07, 6.45) is 0.820. The molecule has 3 rings (SSSR count). The second-order valence-electron chi connectivity index (χ2n) is 5.68. The molecular formula is C17H19ClN2O2. The molecule has 0 aliphatic heterocycles. The molecule has 0 amide bonds. The largest absolute Gasteiger partial charge is 0.486 e. The van der Waals surface area contributed by atoms with Gasteiger partial charge in [-0.25, -0.2) is 0 Å². The van der Waals surface area contributed by atoms with Gasteiger partial charge in [0.1, 0.15) is 23.8 Å². The van der Waals surface area contributed by atoms with E-state index in [0.29, 0.717) is 23.3 Å². The highest BCUT2D eigenvalue weighted by Crippen LogP contribution is 2.32. The fourth-order valence-corrected chi connectivity index (χ4v) is 2.55. The summed E-state index contributed by atoms with van der Waals surface area (Å²) < 4.78 is 10.9. The van der Waals surface area contributed by atoms with E-state index in [0.717, 1.165) is 28.8 Å². The molecule has 116 valence electrons. The molecule has 0 saturated heterocycles. The summed E-state index contributed by atoms with van der Waals surface area (Å²) in [5, 5.41) is 5.66. The van der Waals surface area contributed by atoms with Crippen LogP contribution >= 0.6 is 11.6 Å². The molecule has 1 aromatic carbocycles. The van der Waals surface area contributed by atoms with E-state index in [1.54, 1.807) is 0 Å². The first-order valence-electron chi connectivity index (χ1n) is 7.46. The van der Waals surface area contributed by atoms with Gasteiger partial charge >= 0.3 is 0 Å². The van der Waals surface area contributed by atoms with Crippen LogP contribution < -0.4 is 4.74 Å². The first-order chi connectivity index (χ1) is 10.6. The van der Waals surface area contributed by atoms with Crippen molar-refractivity contribution in [3.05, 3.63) is 46.4 Å². The van der Waals surface area contributed by atoms with Crippen LogP contribution in [0.5, 0.6) is 5.75 Å². The van der Waals surface area contributed by atoms with Crippen LogP contribution in [0.4, 0.5) is 0 Å². The van der Waals surface area contributed by atoms with Gasteiger partial charge in [-0.3, -0.25) is 0 Å². The maximum atomic E-state index is 6.31. The van der Waals surface area contributed by atoms with Crippen LogP contribution in [0, 0.1) is 0 Å². The quantitative estimate of drug-likeness (QED) is 0.714. The van der Waals surface area contributed by atoms with Crippen LogP contribution in [0.15, 0.2) is 28.8 Å². The van der Waals surface area contributed by atoms with Gasteiger partial charge in [-0.05, 0) is 18.1 Å². The van der Waals surface area contributed by atoms with Crippen molar-refractivity contribution in [2.45, 2.75) is 39.7 Å². The third-order valence-corrected chi connectivity index (χ3v) is 3.94. The predicted octanol–water partition coefficient (Wildman–Crippen LogP) is 5.07. The number of halogens is 1. The van der Waals surface area contributed by atoms with Crippen molar-refractivity contribution in [3.8, 4) is 5.75 Å². The number of fused-ring (bicyclic) bond motifs is 1. The van der Waals surface area contributed by atoms with Crippen molar-refractivity contribution in [1.82, 2.24) is 10.1 Å². The minimum Gasteiger partial charge on any atom is -0.486 e. The van der Waals surface area contributed by atoms with E-state index in [4.69, 9.17) is 20.9 Å². The molecule has 4 nitrogen and oxygen atoms in total. The second-order valence-corrected chi connectivity index (χ2v) is 6.08. The lowest BCUT2D eigenvalue weighted by Gasteiger charge is -2.06. The van der Waals surface area contributed by atoms with Gasteiger partial charge in [-0.1, -0.05) is 37.5 Å². The summed E-state index contributed by atoms with van der Waals surface area (Å²) in [4.78, 5) is 3.40. The van der Waals surface area contributed by atoms with Crippen LogP contribution in [-0.2, 0) is 13.0 Å². The van der Waals surface area contributed by atoms with Gasteiger partial charge in [0, 0.05) is 35.2 Å². The molecule has 5 heteroatoms. The fraction of sp³-hybridized carbons (Fsp3) is 0.353.